The number of aromatic nitrogens is 1. The molecule has 3 rings (SSSR count). The highest BCUT2D eigenvalue weighted by Crippen LogP contribution is 2.31. The van der Waals surface area contributed by atoms with Gasteiger partial charge in [-0.1, -0.05) is 30.3 Å². The molecule has 1 saturated heterocycles. The number of rotatable bonds is 3. The molecule has 1 aliphatic heterocycles. The average Bonchev–Trinajstić information content (AvgIpc) is 3.01. The van der Waals surface area contributed by atoms with E-state index < -0.39 is 5.54 Å². The Balaban J connectivity index is 0.00000156. The maximum Gasteiger partial charge on any atom is 0.246 e. The van der Waals surface area contributed by atoms with Gasteiger partial charge < -0.3 is 10.6 Å². The highest BCUT2D eigenvalue weighted by molar-refractivity contribution is 7.09. The van der Waals surface area contributed by atoms with Crippen LogP contribution in [0.4, 0.5) is 0 Å². The van der Waals surface area contributed by atoms with Gasteiger partial charge in [0.2, 0.25) is 5.91 Å². The number of halogens is 2. The second-order valence-electron chi connectivity index (χ2n) is 6.49. The Bertz CT molecular complexity index is 691. The summed E-state index contributed by atoms with van der Waals surface area (Å²) in [5.41, 5.74) is 7.33. The molecule has 1 fully saturated rings. The number of piperidine rings is 1. The number of hydrogen-bond donors (Lipinski definition) is 1. The molecule has 0 saturated carbocycles. The summed E-state index contributed by atoms with van der Waals surface area (Å²) in [5, 5.41) is 3.21. The zero-order valence-electron chi connectivity index (χ0n) is 14.5. The van der Waals surface area contributed by atoms with Crippen LogP contribution in [0.5, 0.6) is 0 Å². The second-order valence-corrected chi connectivity index (χ2v) is 7.38. The SMILES string of the molecule is Cc1csc(C2CCCN(C(=O)C(C)(N)c3ccccc3)C2)n1.Cl.Cl. The number of carbonyl (C=O) groups excluding carboxylic acids is 1. The van der Waals surface area contributed by atoms with Crippen molar-refractivity contribution < 1.29 is 4.79 Å². The van der Waals surface area contributed by atoms with Gasteiger partial charge in [0.05, 0.1) is 5.01 Å². The van der Waals surface area contributed by atoms with Crippen molar-refractivity contribution in [2.24, 2.45) is 5.73 Å². The fraction of sp³-hybridized carbons (Fsp3) is 0.444. The lowest BCUT2D eigenvalue weighted by Gasteiger charge is -2.37. The Morgan fingerprint density at radius 2 is 2.00 bits per heavy atom. The van der Waals surface area contributed by atoms with Crippen LogP contribution in [0.15, 0.2) is 35.7 Å². The predicted molar refractivity (Wildman–Crippen MR) is 108 cm³/mol. The first-order valence-electron chi connectivity index (χ1n) is 8.04. The molecule has 138 valence electrons. The molecule has 2 unspecified atom stereocenters. The smallest absolute Gasteiger partial charge is 0.246 e. The number of hydrogen-bond acceptors (Lipinski definition) is 4. The van der Waals surface area contributed by atoms with Gasteiger partial charge in [-0.15, -0.1) is 36.2 Å². The summed E-state index contributed by atoms with van der Waals surface area (Å²) in [5.74, 6) is 0.333. The molecule has 2 aromatic rings. The van der Waals surface area contributed by atoms with E-state index in [1.807, 2.05) is 49.1 Å². The van der Waals surface area contributed by atoms with E-state index in [0.717, 1.165) is 35.7 Å². The Labute approximate surface area is 165 Å². The maximum atomic E-state index is 13.0. The van der Waals surface area contributed by atoms with Crippen molar-refractivity contribution in [2.75, 3.05) is 13.1 Å². The molecule has 1 amide bonds. The van der Waals surface area contributed by atoms with Crippen molar-refractivity contribution in [1.82, 2.24) is 9.88 Å². The summed E-state index contributed by atoms with van der Waals surface area (Å²) in [6.07, 6.45) is 2.09. The van der Waals surface area contributed by atoms with E-state index in [-0.39, 0.29) is 30.7 Å². The van der Waals surface area contributed by atoms with Crippen LogP contribution >= 0.6 is 36.2 Å². The highest BCUT2D eigenvalue weighted by Gasteiger charge is 2.37. The lowest BCUT2D eigenvalue weighted by atomic mass is 9.89. The van der Waals surface area contributed by atoms with E-state index in [1.54, 1.807) is 11.3 Å². The van der Waals surface area contributed by atoms with E-state index in [0.29, 0.717) is 12.5 Å². The average molecular weight is 402 g/mol. The molecule has 0 bridgehead atoms. The summed E-state index contributed by atoms with van der Waals surface area (Å²) < 4.78 is 0. The summed E-state index contributed by atoms with van der Waals surface area (Å²) in [4.78, 5) is 19.5. The molecule has 1 aliphatic rings. The summed E-state index contributed by atoms with van der Waals surface area (Å²) in [7, 11) is 0. The van der Waals surface area contributed by atoms with Crippen LogP contribution < -0.4 is 5.73 Å². The topological polar surface area (TPSA) is 59.2 Å². The fourth-order valence-electron chi connectivity index (χ4n) is 3.16. The van der Waals surface area contributed by atoms with Gasteiger partial charge in [-0.05, 0) is 32.3 Å². The van der Waals surface area contributed by atoms with Crippen molar-refractivity contribution >= 4 is 42.1 Å². The predicted octanol–water partition coefficient (Wildman–Crippen LogP) is 3.88. The highest BCUT2D eigenvalue weighted by atomic mass is 35.5. The van der Waals surface area contributed by atoms with Gasteiger partial charge in [-0.2, -0.15) is 0 Å². The monoisotopic (exact) mass is 401 g/mol. The standard InChI is InChI=1S/C18H23N3OS.2ClH/c1-13-12-23-16(20-13)14-7-6-10-21(11-14)17(22)18(2,19)15-8-4-3-5-9-15;;/h3-5,8-9,12,14H,6-7,10-11,19H2,1-2H3;2*1H. The molecule has 2 heterocycles. The Morgan fingerprint density at radius 1 is 1.32 bits per heavy atom. The fourth-order valence-corrected chi connectivity index (χ4v) is 4.08. The lowest BCUT2D eigenvalue weighted by molar-refractivity contribution is -0.138. The number of amides is 1. The third-order valence-corrected chi connectivity index (χ3v) is 5.64. The second kappa shape index (κ2) is 8.99. The maximum absolute atomic E-state index is 13.0. The van der Waals surface area contributed by atoms with Crippen LogP contribution in [0, 0.1) is 6.92 Å². The van der Waals surface area contributed by atoms with E-state index in [2.05, 4.69) is 10.4 Å². The van der Waals surface area contributed by atoms with Crippen LogP contribution in [0.1, 0.15) is 41.9 Å². The third-order valence-electron chi connectivity index (χ3n) is 4.51. The van der Waals surface area contributed by atoms with Gasteiger partial charge in [0, 0.05) is 30.1 Å². The van der Waals surface area contributed by atoms with Gasteiger partial charge in [0.15, 0.2) is 0 Å². The zero-order valence-corrected chi connectivity index (χ0v) is 16.9. The molecule has 2 N–H and O–H groups in total. The van der Waals surface area contributed by atoms with Crippen LogP contribution in [-0.2, 0) is 10.3 Å². The van der Waals surface area contributed by atoms with Crippen molar-refractivity contribution in [1.29, 1.82) is 0 Å². The molecule has 0 radical (unpaired) electrons. The summed E-state index contributed by atoms with van der Waals surface area (Å²) >= 11 is 1.69. The Hall–Kier alpha value is -1.14. The van der Waals surface area contributed by atoms with E-state index >= 15 is 0 Å². The molecule has 1 aromatic carbocycles. The van der Waals surface area contributed by atoms with Crippen molar-refractivity contribution in [2.45, 2.75) is 38.1 Å². The number of benzene rings is 1. The van der Waals surface area contributed by atoms with Gasteiger partial charge in [0.25, 0.3) is 0 Å². The van der Waals surface area contributed by atoms with E-state index in [9.17, 15) is 4.79 Å². The molecule has 2 atom stereocenters. The molecule has 0 spiro atoms. The zero-order chi connectivity index (χ0) is 16.4. The van der Waals surface area contributed by atoms with Crippen LogP contribution in [0.2, 0.25) is 0 Å². The Morgan fingerprint density at radius 3 is 2.60 bits per heavy atom. The van der Waals surface area contributed by atoms with E-state index in [4.69, 9.17) is 5.73 Å². The largest absolute Gasteiger partial charge is 0.340 e. The first-order valence-corrected chi connectivity index (χ1v) is 8.92. The lowest BCUT2D eigenvalue weighted by Crippen LogP contribution is -2.53. The number of aryl methyl sites for hydroxylation is 1. The first-order chi connectivity index (χ1) is 11.0. The molecule has 25 heavy (non-hydrogen) atoms. The van der Waals surface area contributed by atoms with Crippen LogP contribution in [0.3, 0.4) is 0 Å². The number of nitrogens with two attached hydrogens (primary N) is 1. The van der Waals surface area contributed by atoms with Crippen LogP contribution in [-0.4, -0.2) is 28.9 Å². The molecule has 7 heteroatoms. The first kappa shape index (κ1) is 21.9. The van der Waals surface area contributed by atoms with Crippen molar-refractivity contribution in [3.8, 4) is 0 Å². The molecular weight excluding hydrogens is 377 g/mol. The van der Waals surface area contributed by atoms with E-state index in [1.165, 1.54) is 0 Å². The summed E-state index contributed by atoms with van der Waals surface area (Å²) in [6, 6.07) is 9.62. The van der Waals surface area contributed by atoms with Gasteiger partial charge >= 0.3 is 0 Å². The molecular formula is C18H25Cl2N3OS. The van der Waals surface area contributed by atoms with Crippen molar-refractivity contribution in [3.05, 3.63) is 52.0 Å². The number of thiazole rings is 1. The minimum atomic E-state index is -0.984. The number of nitrogens with zero attached hydrogens (tertiary/aromatic N) is 2. The normalized spacial score (nSPS) is 19.3. The number of likely N-dealkylation sites (tertiary alicyclic amines) is 1. The molecule has 0 aliphatic carbocycles. The summed E-state index contributed by atoms with van der Waals surface area (Å²) in [6.45, 7) is 5.31. The third kappa shape index (κ3) is 4.73. The van der Waals surface area contributed by atoms with Crippen molar-refractivity contribution in [3.63, 3.8) is 0 Å². The quantitative estimate of drug-likeness (QED) is 0.848. The van der Waals surface area contributed by atoms with Gasteiger partial charge in [0.1, 0.15) is 5.54 Å². The molecule has 4 nitrogen and oxygen atoms in total. The Kier molecular flexibility index (Phi) is 7.88. The minimum absolute atomic E-state index is 0. The number of carbonyl (C=O) groups is 1. The minimum Gasteiger partial charge on any atom is -0.340 e. The van der Waals surface area contributed by atoms with Crippen LogP contribution in [0.25, 0.3) is 0 Å². The van der Waals surface area contributed by atoms with Gasteiger partial charge in [-0.3, -0.25) is 4.79 Å². The van der Waals surface area contributed by atoms with Gasteiger partial charge in [-0.25, -0.2) is 4.98 Å². The molecule has 1 aromatic heterocycles.